The Morgan fingerprint density at radius 3 is 2.63 bits per heavy atom. The van der Waals surface area contributed by atoms with Crippen LogP contribution in [0.25, 0.3) is 0 Å². The molecule has 0 aromatic heterocycles. The zero-order valence-corrected chi connectivity index (χ0v) is 11.4. The molecule has 1 aliphatic rings. The molecule has 1 amide bonds. The van der Waals surface area contributed by atoms with Gasteiger partial charge in [0.05, 0.1) is 16.5 Å². The molecule has 4 nitrogen and oxygen atoms in total. The predicted molar refractivity (Wildman–Crippen MR) is 72.3 cm³/mol. The van der Waals surface area contributed by atoms with Gasteiger partial charge in [-0.25, -0.2) is 0 Å². The van der Waals surface area contributed by atoms with E-state index in [9.17, 15) is 9.59 Å². The van der Waals surface area contributed by atoms with Crippen molar-refractivity contribution in [3.8, 4) is 0 Å². The molecule has 2 rings (SSSR count). The molecule has 0 aliphatic carbocycles. The SMILES string of the molecule is CC1CCC(C(=O)O)CN1C(=O)c1ccccc1Cl. The summed E-state index contributed by atoms with van der Waals surface area (Å²) in [5, 5.41) is 9.49. The summed E-state index contributed by atoms with van der Waals surface area (Å²) in [5.41, 5.74) is 0.432. The number of hydrogen-bond donors (Lipinski definition) is 1. The molecule has 1 saturated heterocycles. The van der Waals surface area contributed by atoms with Gasteiger partial charge in [0.1, 0.15) is 0 Å². The van der Waals surface area contributed by atoms with Gasteiger partial charge in [0.25, 0.3) is 5.91 Å². The van der Waals surface area contributed by atoms with Crippen molar-refractivity contribution in [1.29, 1.82) is 0 Å². The van der Waals surface area contributed by atoms with Crippen molar-refractivity contribution < 1.29 is 14.7 Å². The summed E-state index contributed by atoms with van der Waals surface area (Å²) in [6.07, 6.45) is 1.32. The Morgan fingerprint density at radius 1 is 1.32 bits per heavy atom. The van der Waals surface area contributed by atoms with E-state index in [0.717, 1.165) is 0 Å². The van der Waals surface area contributed by atoms with Crippen LogP contribution in [0.3, 0.4) is 0 Å². The van der Waals surface area contributed by atoms with Gasteiger partial charge in [-0.2, -0.15) is 0 Å². The molecular weight excluding hydrogens is 266 g/mol. The number of piperidine rings is 1. The normalized spacial score (nSPS) is 23.2. The maximum atomic E-state index is 12.4. The second-order valence-electron chi connectivity index (χ2n) is 4.90. The average molecular weight is 282 g/mol. The van der Waals surface area contributed by atoms with Crippen molar-refractivity contribution in [2.24, 2.45) is 5.92 Å². The van der Waals surface area contributed by atoms with E-state index in [1.54, 1.807) is 29.2 Å². The fraction of sp³-hybridized carbons (Fsp3) is 0.429. The summed E-state index contributed by atoms with van der Waals surface area (Å²) >= 11 is 6.02. The van der Waals surface area contributed by atoms with E-state index in [0.29, 0.717) is 23.4 Å². The molecule has 5 heteroatoms. The quantitative estimate of drug-likeness (QED) is 0.907. The number of rotatable bonds is 2. The molecule has 2 unspecified atom stereocenters. The van der Waals surface area contributed by atoms with Crippen LogP contribution in [0, 0.1) is 5.92 Å². The minimum absolute atomic E-state index is 0.0411. The Labute approximate surface area is 117 Å². The Morgan fingerprint density at radius 2 is 2.00 bits per heavy atom. The van der Waals surface area contributed by atoms with Crippen LogP contribution in [-0.4, -0.2) is 34.5 Å². The standard InChI is InChI=1S/C14H16ClNO3/c1-9-6-7-10(14(18)19)8-16(9)13(17)11-4-2-3-5-12(11)15/h2-5,9-10H,6-8H2,1H3,(H,18,19). The predicted octanol–water partition coefficient (Wildman–Crippen LogP) is 2.67. The lowest BCUT2D eigenvalue weighted by atomic mass is 9.93. The first-order valence-corrected chi connectivity index (χ1v) is 6.66. The van der Waals surface area contributed by atoms with Crippen molar-refractivity contribution in [2.75, 3.05) is 6.54 Å². The summed E-state index contributed by atoms with van der Waals surface area (Å²) in [7, 11) is 0. The van der Waals surface area contributed by atoms with Gasteiger partial charge in [0, 0.05) is 12.6 Å². The summed E-state index contributed by atoms with van der Waals surface area (Å²) in [6.45, 7) is 2.19. The van der Waals surface area contributed by atoms with E-state index in [1.165, 1.54) is 0 Å². The number of carbonyl (C=O) groups excluding carboxylic acids is 1. The minimum Gasteiger partial charge on any atom is -0.481 e. The Kier molecular flexibility index (Phi) is 4.10. The molecule has 0 radical (unpaired) electrons. The number of hydrogen-bond acceptors (Lipinski definition) is 2. The summed E-state index contributed by atoms with van der Waals surface area (Å²) in [6, 6.07) is 6.89. The molecule has 0 spiro atoms. The highest BCUT2D eigenvalue weighted by molar-refractivity contribution is 6.33. The highest BCUT2D eigenvalue weighted by atomic mass is 35.5. The first kappa shape index (κ1) is 13.9. The fourth-order valence-corrected chi connectivity index (χ4v) is 2.60. The highest BCUT2D eigenvalue weighted by Crippen LogP contribution is 2.26. The number of amides is 1. The molecule has 1 N–H and O–H groups in total. The average Bonchev–Trinajstić information content (AvgIpc) is 2.38. The minimum atomic E-state index is -0.844. The summed E-state index contributed by atoms with van der Waals surface area (Å²) in [4.78, 5) is 25.1. The summed E-state index contributed by atoms with van der Waals surface area (Å²) in [5.74, 6) is -1.52. The van der Waals surface area contributed by atoms with Crippen LogP contribution in [0.1, 0.15) is 30.1 Å². The van der Waals surface area contributed by atoms with E-state index in [2.05, 4.69) is 0 Å². The van der Waals surface area contributed by atoms with E-state index in [4.69, 9.17) is 16.7 Å². The highest BCUT2D eigenvalue weighted by Gasteiger charge is 2.33. The van der Waals surface area contributed by atoms with Gasteiger partial charge in [-0.05, 0) is 31.9 Å². The van der Waals surface area contributed by atoms with Gasteiger partial charge in [0.15, 0.2) is 0 Å². The van der Waals surface area contributed by atoms with E-state index < -0.39 is 11.9 Å². The van der Waals surface area contributed by atoms with Gasteiger partial charge in [-0.1, -0.05) is 23.7 Å². The molecule has 102 valence electrons. The molecule has 1 aliphatic heterocycles. The number of likely N-dealkylation sites (tertiary alicyclic amines) is 1. The molecule has 0 saturated carbocycles. The zero-order chi connectivity index (χ0) is 14.0. The lowest BCUT2D eigenvalue weighted by molar-refractivity contribution is -0.143. The number of carboxylic acids is 1. The smallest absolute Gasteiger partial charge is 0.308 e. The molecule has 0 bridgehead atoms. The third-order valence-corrected chi connectivity index (χ3v) is 3.93. The molecular formula is C14H16ClNO3. The Bertz CT molecular complexity index is 503. The van der Waals surface area contributed by atoms with Crippen LogP contribution in [0.5, 0.6) is 0 Å². The summed E-state index contributed by atoms with van der Waals surface area (Å²) < 4.78 is 0. The first-order chi connectivity index (χ1) is 9.00. The van der Waals surface area contributed by atoms with Crippen LogP contribution in [0.2, 0.25) is 5.02 Å². The topological polar surface area (TPSA) is 57.6 Å². The number of benzene rings is 1. The van der Waals surface area contributed by atoms with Crippen LogP contribution in [-0.2, 0) is 4.79 Å². The van der Waals surface area contributed by atoms with Crippen LogP contribution in [0.15, 0.2) is 24.3 Å². The molecule has 1 heterocycles. The molecule has 1 fully saturated rings. The van der Waals surface area contributed by atoms with Crippen molar-refractivity contribution in [2.45, 2.75) is 25.8 Å². The number of carbonyl (C=O) groups is 2. The molecule has 19 heavy (non-hydrogen) atoms. The van der Waals surface area contributed by atoms with Crippen LogP contribution >= 0.6 is 11.6 Å². The van der Waals surface area contributed by atoms with Gasteiger partial charge in [0.2, 0.25) is 0 Å². The van der Waals surface area contributed by atoms with Crippen molar-refractivity contribution in [3.63, 3.8) is 0 Å². The largest absolute Gasteiger partial charge is 0.481 e. The molecule has 2 atom stereocenters. The van der Waals surface area contributed by atoms with Gasteiger partial charge >= 0.3 is 5.97 Å². The second kappa shape index (κ2) is 5.61. The van der Waals surface area contributed by atoms with E-state index in [-0.39, 0.29) is 18.5 Å². The van der Waals surface area contributed by atoms with Crippen molar-refractivity contribution in [3.05, 3.63) is 34.9 Å². The number of nitrogens with zero attached hydrogens (tertiary/aromatic N) is 1. The maximum Gasteiger partial charge on any atom is 0.308 e. The number of carboxylic acid groups (broad SMARTS) is 1. The molecule has 1 aromatic carbocycles. The lowest BCUT2D eigenvalue weighted by Gasteiger charge is -2.36. The van der Waals surface area contributed by atoms with E-state index in [1.807, 2.05) is 6.92 Å². The van der Waals surface area contributed by atoms with Crippen molar-refractivity contribution >= 4 is 23.5 Å². The fourth-order valence-electron chi connectivity index (χ4n) is 2.38. The maximum absolute atomic E-state index is 12.4. The third kappa shape index (κ3) is 2.89. The second-order valence-corrected chi connectivity index (χ2v) is 5.31. The van der Waals surface area contributed by atoms with Crippen molar-refractivity contribution in [1.82, 2.24) is 4.90 Å². The Balaban J connectivity index is 2.22. The first-order valence-electron chi connectivity index (χ1n) is 6.29. The van der Waals surface area contributed by atoms with Gasteiger partial charge in [-0.15, -0.1) is 0 Å². The van der Waals surface area contributed by atoms with Crippen LogP contribution in [0.4, 0.5) is 0 Å². The van der Waals surface area contributed by atoms with E-state index >= 15 is 0 Å². The Hall–Kier alpha value is -1.55. The molecule has 1 aromatic rings. The van der Waals surface area contributed by atoms with Gasteiger partial charge in [-0.3, -0.25) is 9.59 Å². The number of halogens is 1. The third-order valence-electron chi connectivity index (χ3n) is 3.60. The zero-order valence-electron chi connectivity index (χ0n) is 10.7. The lowest BCUT2D eigenvalue weighted by Crippen LogP contribution is -2.47. The van der Waals surface area contributed by atoms with Gasteiger partial charge < -0.3 is 10.0 Å². The van der Waals surface area contributed by atoms with Crippen LogP contribution < -0.4 is 0 Å². The monoisotopic (exact) mass is 281 g/mol. The number of aliphatic carboxylic acids is 1.